The molecule has 0 aliphatic heterocycles. The summed E-state index contributed by atoms with van der Waals surface area (Å²) in [6.07, 6.45) is 5.48. The van der Waals surface area contributed by atoms with Crippen LogP contribution >= 0.6 is 0 Å². The van der Waals surface area contributed by atoms with Gasteiger partial charge in [0.15, 0.2) is 0 Å². The SMILES string of the molecule is C(=NCCN=Cc1nnco1)c1nnco1. The van der Waals surface area contributed by atoms with Gasteiger partial charge in [0.1, 0.15) is 0 Å². The topological polar surface area (TPSA) is 103 Å². The van der Waals surface area contributed by atoms with Crippen molar-refractivity contribution < 1.29 is 8.83 Å². The Morgan fingerprint density at radius 3 is 1.81 bits per heavy atom. The predicted octanol–water partition coefficient (Wildman–Crippen LogP) is -0.00940. The lowest BCUT2D eigenvalue weighted by molar-refractivity contribution is 0.545. The van der Waals surface area contributed by atoms with Crippen LogP contribution in [-0.2, 0) is 0 Å². The fourth-order valence-corrected chi connectivity index (χ4v) is 0.876. The van der Waals surface area contributed by atoms with Crippen LogP contribution in [0.2, 0.25) is 0 Å². The maximum Gasteiger partial charge on any atom is 0.258 e. The quantitative estimate of drug-likeness (QED) is 0.518. The summed E-state index contributed by atoms with van der Waals surface area (Å²) >= 11 is 0. The predicted molar refractivity (Wildman–Crippen MR) is 53.5 cm³/mol. The molecule has 2 rings (SSSR count). The highest BCUT2D eigenvalue weighted by Gasteiger charge is 1.91. The highest BCUT2D eigenvalue weighted by atomic mass is 16.4. The van der Waals surface area contributed by atoms with Crippen LogP contribution in [0.15, 0.2) is 31.6 Å². The Labute approximate surface area is 90.1 Å². The van der Waals surface area contributed by atoms with Gasteiger partial charge in [0.2, 0.25) is 12.8 Å². The van der Waals surface area contributed by atoms with Crippen molar-refractivity contribution in [2.75, 3.05) is 13.1 Å². The number of rotatable bonds is 5. The van der Waals surface area contributed by atoms with Crippen molar-refractivity contribution in [1.29, 1.82) is 0 Å². The van der Waals surface area contributed by atoms with Gasteiger partial charge in [0, 0.05) is 0 Å². The monoisotopic (exact) mass is 220 g/mol. The molecule has 2 heterocycles. The molecule has 16 heavy (non-hydrogen) atoms. The van der Waals surface area contributed by atoms with Gasteiger partial charge in [-0.15, -0.1) is 20.4 Å². The molecule has 8 heteroatoms. The van der Waals surface area contributed by atoms with Gasteiger partial charge in [-0.3, -0.25) is 9.98 Å². The molecule has 8 nitrogen and oxygen atoms in total. The summed E-state index contributed by atoms with van der Waals surface area (Å²) < 4.78 is 9.71. The number of nitrogens with zero attached hydrogens (tertiary/aromatic N) is 6. The molecule has 0 saturated heterocycles. The summed E-state index contributed by atoms with van der Waals surface area (Å²) in [6, 6.07) is 0. The van der Waals surface area contributed by atoms with Gasteiger partial charge in [0.25, 0.3) is 11.8 Å². The van der Waals surface area contributed by atoms with Gasteiger partial charge < -0.3 is 8.83 Å². The van der Waals surface area contributed by atoms with E-state index >= 15 is 0 Å². The number of hydrogen-bond donors (Lipinski definition) is 0. The first-order valence-electron chi connectivity index (χ1n) is 4.47. The molecule has 0 saturated carbocycles. The number of aromatic nitrogens is 4. The van der Waals surface area contributed by atoms with E-state index in [9.17, 15) is 0 Å². The summed E-state index contributed by atoms with van der Waals surface area (Å²) in [5.41, 5.74) is 0. The fraction of sp³-hybridized carbons (Fsp3) is 0.250. The molecule has 0 atom stereocenters. The van der Waals surface area contributed by atoms with Crippen LogP contribution < -0.4 is 0 Å². The summed E-state index contributed by atoms with van der Waals surface area (Å²) in [4.78, 5) is 8.06. The van der Waals surface area contributed by atoms with Gasteiger partial charge >= 0.3 is 0 Å². The maximum atomic E-state index is 4.86. The van der Waals surface area contributed by atoms with Crippen molar-refractivity contribution in [1.82, 2.24) is 20.4 Å². The zero-order chi connectivity index (χ0) is 11.1. The van der Waals surface area contributed by atoms with Gasteiger partial charge in [-0.1, -0.05) is 0 Å². The normalized spacial score (nSPS) is 11.8. The first-order valence-corrected chi connectivity index (χ1v) is 4.47. The van der Waals surface area contributed by atoms with Crippen molar-refractivity contribution in [2.45, 2.75) is 0 Å². The third-order valence-corrected chi connectivity index (χ3v) is 1.52. The van der Waals surface area contributed by atoms with Gasteiger partial charge in [0.05, 0.1) is 25.5 Å². The van der Waals surface area contributed by atoms with Gasteiger partial charge in [-0.05, 0) is 0 Å². The van der Waals surface area contributed by atoms with E-state index in [-0.39, 0.29) is 0 Å². The molecule has 0 unspecified atom stereocenters. The molecular formula is C8H8N6O2. The number of aliphatic imine (C=N–C) groups is 2. The van der Waals surface area contributed by atoms with Crippen molar-refractivity contribution in [2.24, 2.45) is 9.98 Å². The Morgan fingerprint density at radius 1 is 0.938 bits per heavy atom. The van der Waals surface area contributed by atoms with Crippen molar-refractivity contribution in [3.63, 3.8) is 0 Å². The minimum atomic E-state index is 0.376. The van der Waals surface area contributed by atoms with E-state index in [1.165, 1.54) is 25.2 Å². The van der Waals surface area contributed by atoms with Crippen molar-refractivity contribution in [3.05, 3.63) is 24.6 Å². The maximum absolute atomic E-state index is 4.86. The van der Waals surface area contributed by atoms with Gasteiger partial charge in [-0.2, -0.15) is 0 Å². The Bertz CT molecular complexity index is 403. The molecule has 2 aromatic heterocycles. The third-order valence-electron chi connectivity index (χ3n) is 1.52. The first-order chi connectivity index (χ1) is 7.95. The van der Waals surface area contributed by atoms with Crippen LogP contribution in [0.5, 0.6) is 0 Å². The van der Waals surface area contributed by atoms with Crippen molar-refractivity contribution in [3.8, 4) is 0 Å². The molecular weight excluding hydrogens is 212 g/mol. The Hall–Kier alpha value is -2.38. The summed E-state index contributed by atoms with van der Waals surface area (Å²) in [5, 5.41) is 14.3. The molecule has 2 aromatic rings. The summed E-state index contributed by atoms with van der Waals surface area (Å²) in [7, 11) is 0. The molecule has 0 amide bonds. The molecule has 0 aromatic carbocycles. The largest absolute Gasteiger partial charge is 0.423 e. The highest BCUT2D eigenvalue weighted by molar-refractivity contribution is 5.73. The Kier molecular flexibility index (Phi) is 3.48. The van der Waals surface area contributed by atoms with Crippen LogP contribution in [0.3, 0.4) is 0 Å². The van der Waals surface area contributed by atoms with Crippen LogP contribution in [0, 0.1) is 0 Å². The molecule has 0 aliphatic rings. The average Bonchev–Trinajstić information content (AvgIpc) is 2.96. The lowest BCUT2D eigenvalue weighted by Gasteiger charge is -1.86. The summed E-state index contributed by atoms with van der Waals surface area (Å²) in [6.45, 7) is 1.04. The molecule has 0 spiro atoms. The lowest BCUT2D eigenvalue weighted by atomic mass is 10.6. The average molecular weight is 220 g/mol. The van der Waals surface area contributed by atoms with Crippen LogP contribution in [0.25, 0.3) is 0 Å². The second-order valence-corrected chi connectivity index (χ2v) is 2.62. The smallest absolute Gasteiger partial charge is 0.258 e. The van der Waals surface area contributed by atoms with Crippen LogP contribution in [0.1, 0.15) is 11.8 Å². The molecule has 0 aliphatic carbocycles. The zero-order valence-corrected chi connectivity index (χ0v) is 8.22. The molecule has 0 radical (unpaired) electrons. The molecule has 0 N–H and O–H groups in total. The zero-order valence-electron chi connectivity index (χ0n) is 8.22. The van der Waals surface area contributed by atoms with Crippen molar-refractivity contribution >= 4 is 12.4 Å². The summed E-state index contributed by atoms with van der Waals surface area (Å²) in [5.74, 6) is 0.752. The van der Waals surface area contributed by atoms with E-state index in [1.807, 2.05) is 0 Å². The van der Waals surface area contributed by atoms with E-state index in [0.717, 1.165) is 0 Å². The van der Waals surface area contributed by atoms with Gasteiger partial charge in [-0.25, -0.2) is 0 Å². The standard InChI is InChI=1S/C8H8N6O2/c1(9-3-7-13-11-5-15-7)2-10-4-8-14-12-6-16-8/h3-6H,1-2H2. The van der Waals surface area contributed by atoms with E-state index < -0.39 is 0 Å². The third kappa shape index (κ3) is 3.08. The van der Waals surface area contributed by atoms with E-state index in [1.54, 1.807) is 0 Å². The number of hydrogen-bond acceptors (Lipinski definition) is 8. The Balaban J connectivity index is 1.69. The first kappa shape index (κ1) is 10.1. The second kappa shape index (κ2) is 5.49. The minimum absolute atomic E-state index is 0.376. The minimum Gasteiger partial charge on any atom is -0.423 e. The van der Waals surface area contributed by atoms with E-state index in [0.29, 0.717) is 24.9 Å². The highest BCUT2D eigenvalue weighted by Crippen LogP contribution is 1.87. The van der Waals surface area contributed by atoms with E-state index in [2.05, 4.69) is 30.4 Å². The fourth-order valence-electron chi connectivity index (χ4n) is 0.876. The second-order valence-electron chi connectivity index (χ2n) is 2.62. The Morgan fingerprint density at radius 2 is 1.44 bits per heavy atom. The molecule has 0 bridgehead atoms. The molecule has 0 fully saturated rings. The van der Waals surface area contributed by atoms with Crippen LogP contribution in [-0.4, -0.2) is 45.9 Å². The lowest BCUT2D eigenvalue weighted by Crippen LogP contribution is -1.90. The molecule has 82 valence electrons. The van der Waals surface area contributed by atoms with E-state index in [4.69, 9.17) is 8.83 Å². The van der Waals surface area contributed by atoms with Crippen LogP contribution in [0.4, 0.5) is 0 Å².